The van der Waals surface area contributed by atoms with Gasteiger partial charge < -0.3 is 39.6 Å². The summed E-state index contributed by atoms with van der Waals surface area (Å²) in [5.74, 6) is -3.83. The van der Waals surface area contributed by atoms with Crippen LogP contribution in [0.5, 0.6) is 11.5 Å². The van der Waals surface area contributed by atoms with Crippen molar-refractivity contribution in [3.63, 3.8) is 0 Å². The largest absolute Gasteiger partial charge is 0.507 e. The van der Waals surface area contributed by atoms with Gasteiger partial charge in [0.1, 0.15) is 22.7 Å². The fraction of sp³-hybridized carbons (Fsp3) is 0.333. The lowest BCUT2D eigenvalue weighted by atomic mass is 9.93. The minimum Gasteiger partial charge on any atom is -0.507 e. The standard InChI is InChI=1S/C33H33BrN2O10/c1-13(26(39)15(3)12-37)8-7-9-14(2)32(43)36-25-28(41)21-20(22-29(16(4)27(21)40)46-33(5,44-6)31(22)42)24-30(25)45-19-11-17(34)10-18(38)23(19)35-24/h7-11,13,15,26,37,39-40,42H,12H2,1-6H3,(H,36,43)/b8-7+,14-9-/t13-,15-,26-,33-/m0/s1. The molecule has 0 fully saturated rings. The third-order valence-electron chi connectivity index (χ3n) is 8.35. The fourth-order valence-corrected chi connectivity index (χ4v) is 5.82. The van der Waals surface area contributed by atoms with Gasteiger partial charge in [-0.25, -0.2) is 4.98 Å². The zero-order valence-electron chi connectivity index (χ0n) is 25.9. The van der Waals surface area contributed by atoms with Crippen LogP contribution in [0.1, 0.15) is 33.3 Å². The van der Waals surface area contributed by atoms with Gasteiger partial charge in [0.2, 0.25) is 10.9 Å². The minimum absolute atomic E-state index is 0.0140. The van der Waals surface area contributed by atoms with Crippen molar-refractivity contribution in [2.24, 2.45) is 11.8 Å². The number of allylic oxidation sites excluding steroid dienone is 2. The number of anilines is 1. The number of hydrogen-bond donors (Lipinski definition) is 5. The van der Waals surface area contributed by atoms with Crippen molar-refractivity contribution in [1.82, 2.24) is 4.98 Å². The average molecular weight is 698 g/mol. The second-order valence-corrected chi connectivity index (χ2v) is 12.5. The zero-order valence-corrected chi connectivity index (χ0v) is 27.5. The lowest BCUT2D eigenvalue weighted by Crippen LogP contribution is -2.33. The highest BCUT2D eigenvalue weighted by Gasteiger charge is 2.42. The summed E-state index contributed by atoms with van der Waals surface area (Å²) in [4.78, 5) is 45.1. The summed E-state index contributed by atoms with van der Waals surface area (Å²) < 4.78 is 17.8. The number of aliphatic hydroxyl groups excluding tert-OH is 3. The third kappa shape index (κ3) is 5.32. The summed E-state index contributed by atoms with van der Waals surface area (Å²) in [5, 5.41) is 44.5. The zero-order chi connectivity index (χ0) is 33.8. The lowest BCUT2D eigenvalue weighted by molar-refractivity contribution is -0.112. The van der Waals surface area contributed by atoms with E-state index in [2.05, 4.69) is 26.2 Å². The Hall–Kier alpha value is -4.30. The second kappa shape index (κ2) is 12.1. The Morgan fingerprint density at radius 3 is 2.54 bits per heavy atom. The summed E-state index contributed by atoms with van der Waals surface area (Å²) in [6.07, 6.45) is 3.96. The van der Waals surface area contributed by atoms with E-state index in [0.717, 1.165) is 0 Å². The number of aliphatic hydroxyl groups is 3. The summed E-state index contributed by atoms with van der Waals surface area (Å²) in [6, 6.07) is 2.77. The average Bonchev–Trinajstić information content (AvgIpc) is 3.29. The number of halogens is 1. The summed E-state index contributed by atoms with van der Waals surface area (Å²) >= 11 is 3.26. The number of rotatable bonds is 8. The molecule has 0 saturated heterocycles. The van der Waals surface area contributed by atoms with E-state index < -0.39 is 40.2 Å². The van der Waals surface area contributed by atoms with Gasteiger partial charge in [-0.15, -0.1) is 0 Å². The van der Waals surface area contributed by atoms with Crippen LogP contribution < -0.4 is 26.1 Å². The van der Waals surface area contributed by atoms with Gasteiger partial charge in [0.25, 0.3) is 11.7 Å². The first kappa shape index (κ1) is 33.1. The maximum absolute atomic E-state index is 14.2. The molecule has 46 heavy (non-hydrogen) atoms. The Morgan fingerprint density at radius 1 is 1.20 bits per heavy atom. The highest BCUT2D eigenvalue weighted by Crippen LogP contribution is 2.41. The Bertz CT molecular complexity index is 2170. The van der Waals surface area contributed by atoms with Gasteiger partial charge in [-0.3, -0.25) is 14.4 Å². The number of carbonyl (C=O) groups is 1. The number of methoxy groups -OCH3 is 1. The maximum atomic E-state index is 14.2. The predicted octanol–water partition coefficient (Wildman–Crippen LogP) is 3.84. The molecule has 242 valence electrons. The Kier molecular flexibility index (Phi) is 8.73. The van der Waals surface area contributed by atoms with Gasteiger partial charge in [0.15, 0.2) is 22.4 Å². The van der Waals surface area contributed by atoms with Crippen LogP contribution in [-0.2, 0) is 9.53 Å². The van der Waals surface area contributed by atoms with Crippen molar-refractivity contribution in [1.29, 1.82) is 0 Å². The first-order valence-electron chi connectivity index (χ1n) is 14.4. The van der Waals surface area contributed by atoms with Crippen molar-refractivity contribution in [2.75, 3.05) is 19.0 Å². The SMILES string of the molecule is CO[C@@]1(C)Oc2c(C)c(O)c3c(=O)c(NC(=O)/C(C)=C\C=C\[C@H](C)[C@H](O)[C@@H](C)CO)c4oc5cc(Br)cc(=O)c5nc4c3c2=C1O. The number of hydrogen-bond acceptors (Lipinski definition) is 11. The number of nitrogens with zero attached hydrogens (tertiary/aromatic N) is 1. The third-order valence-corrected chi connectivity index (χ3v) is 8.81. The first-order valence-corrected chi connectivity index (χ1v) is 15.2. The molecule has 4 atom stereocenters. The van der Waals surface area contributed by atoms with Gasteiger partial charge in [0, 0.05) is 59.5 Å². The molecule has 12 nitrogen and oxygen atoms in total. The quantitative estimate of drug-likeness (QED) is 0.0779. The molecule has 1 amide bonds. The highest BCUT2D eigenvalue weighted by molar-refractivity contribution is 9.10. The van der Waals surface area contributed by atoms with E-state index >= 15 is 0 Å². The van der Waals surface area contributed by atoms with E-state index in [1.807, 2.05) is 0 Å². The Balaban J connectivity index is 1.77. The van der Waals surface area contributed by atoms with Gasteiger partial charge >= 0.3 is 0 Å². The van der Waals surface area contributed by atoms with Crippen LogP contribution in [0.25, 0.3) is 38.7 Å². The number of phenolic OH excluding ortho intramolecular Hbond substituents is 1. The van der Waals surface area contributed by atoms with E-state index in [1.165, 1.54) is 46.1 Å². The molecule has 5 N–H and O–H groups in total. The van der Waals surface area contributed by atoms with Crippen molar-refractivity contribution in [3.05, 3.63) is 71.6 Å². The molecule has 0 saturated carbocycles. The van der Waals surface area contributed by atoms with Crippen molar-refractivity contribution < 1.29 is 39.1 Å². The topological polar surface area (TPSA) is 189 Å². The van der Waals surface area contributed by atoms with Crippen LogP contribution in [0.3, 0.4) is 0 Å². The number of carbonyl (C=O) groups excluding carboxylic acids is 1. The highest BCUT2D eigenvalue weighted by atomic mass is 79.9. The lowest BCUT2D eigenvalue weighted by Gasteiger charge is -2.23. The van der Waals surface area contributed by atoms with Gasteiger partial charge in [0.05, 0.1) is 16.7 Å². The molecule has 5 rings (SSSR count). The number of ether oxygens (including phenoxy) is 2. The predicted molar refractivity (Wildman–Crippen MR) is 176 cm³/mol. The molecule has 0 radical (unpaired) electrons. The second-order valence-electron chi connectivity index (χ2n) is 11.6. The molecule has 0 unspecified atom stereocenters. The van der Waals surface area contributed by atoms with Gasteiger partial charge in [-0.2, -0.15) is 0 Å². The Labute approximate surface area is 270 Å². The molecule has 2 heterocycles. The van der Waals surface area contributed by atoms with E-state index in [-0.39, 0.29) is 79.2 Å². The molecule has 0 aliphatic carbocycles. The molecule has 1 aliphatic heterocycles. The van der Waals surface area contributed by atoms with Crippen LogP contribution in [0.15, 0.2) is 54.4 Å². The fourth-order valence-electron chi connectivity index (χ4n) is 5.40. The summed E-state index contributed by atoms with van der Waals surface area (Å²) in [7, 11) is 1.32. The smallest absolute Gasteiger partial charge is 0.266 e. The molecule has 0 bridgehead atoms. The van der Waals surface area contributed by atoms with Crippen LogP contribution in [0, 0.1) is 18.8 Å². The Morgan fingerprint density at radius 2 is 1.89 bits per heavy atom. The molecule has 4 aromatic rings. The van der Waals surface area contributed by atoms with E-state index in [4.69, 9.17) is 13.9 Å². The number of benzene rings is 3. The summed E-state index contributed by atoms with van der Waals surface area (Å²) in [5.41, 5.74) is -1.77. The molecule has 0 spiro atoms. The van der Waals surface area contributed by atoms with Crippen molar-refractivity contribution in [2.45, 2.75) is 46.5 Å². The molecule has 1 aromatic heterocycles. The number of phenols is 1. The number of nitrogens with one attached hydrogen (secondary N) is 1. The van der Waals surface area contributed by atoms with Gasteiger partial charge in [-0.1, -0.05) is 48.0 Å². The van der Waals surface area contributed by atoms with Crippen LogP contribution in [-0.4, -0.2) is 56.9 Å². The molecule has 3 aromatic carbocycles. The number of aromatic nitrogens is 1. The van der Waals surface area contributed by atoms with E-state index in [9.17, 15) is 34.8 Å². The normalized spacial score (nSPS) is 18.7. The van der Waals surface area contributed by atoms with Crippen molar-refractivity contribution >= 4 is 66.3 Å². The van der Waals surface area contributed by atoms with Crippen LogP contribution in [0.4, 0.5) is 5.69 Å². The molecular weight excluding hydrogens is 664 g/mol. The minimum atomic E-state index is -1.66. The monoisotopic (exact) mass is 696 g/mol. The van der Waals surface area contributed by atoms with E-state index in [0.29, 0.717) is 4.47 Å². The number of fused-ring (bicyclic) bond motifs is 6. The number of aromatic hydroxyl groups is 1. The van der Waals surface area contributed by atoms with E-state index in [1.54, 1.807) is 26.0 Å². The number of amides is 1. The summed E-state index contributed by atoms with van der Waals surface area (Å²) in [6.45, 7) is 7.78. The molecule has 1 aliphatic rings. The van der Waals surface area contributed by atoms with Crippen LogP contribution in [0.2, 0.25) is 0 Å². The van der Waals surface area contributed by atoms with Gasteiger partial charge in [-0.05, 0) is 19.9 Å². The molecule has 13 heteroatoms. The van der Waals surface area contributed by atoms with Crippen LogP contribution >= 0.6 is 15.9 Å². The molecular formula is C33H33BrN2O10. The maximum Gasteiger partial charge on any atom is 0.266 e. The van der Waals surface area contributed by atoms with Crippen molar-refractivity contribution in [3.8, 4) is 11.5 Å². The first-order chi connectivity index (χ1) is 21.6.